The van der Waals surface area contributed by atoms with Crippen molar-refractivity contribution in [2.75, 3.05) is 19.0 Å². The Morgan fingerprint density at radius 2 is 2.20 bits per heavy atom. The normalized spacial score (nSPS) is 18.6. The minimum Gasteiger partial charge on any atom is -0.495 e. The number of fused-ring (bicyclic) bond motifs is 1. The molecule has 0 radical (unpaired) electrons. The van der Waals surface area contributed by atoms with Crippen LogP contribution in [0.4, 0.5) is 14.5 Å². The van der Waals surface area contributed by atoms with Gasteiger partial charge in [-0.05, 0) is 18.1 Å². The molecular weight excluding hydrogens is 200 g/mol. The fourth-order valence-corrected chi connectivity index (χ4v) is 1.78. The second-order valence-corrected chi connectivity index (χ2v) is 3.70. The SMILES string of the molecule is COc1cccc2c1NCC(F)(F)CC2. The molecule has 0 unspecified atom stereocenters. The molecule has 2 rings (SSSR count). The molecule has 0 saturated heterocycles. The molecule has 0 amide bonds. The van der Waals surface area contributed by atoms with Crippen molar-refractivity contribution in [3.8, 4) is 5.75 Å². The van der Waals surface area contributed by atoms with Gasteiger partial charge in [0.15, 0.2) is 0 Å². The fraction of sp³-hybridized carbons (Fsp3) is 0.455. The molecule has 0 fully saturated rings. The second-order valence-electron chi connectivity index (χ2n) is 3.70. The first-order valence-corrected chi connectivity index (χ1v) is 4.90. The number of methoxy groups -OCH3 is 1. The number of anilines is 1. The van der Waals surface area contributed by atoms with Gasteiger partial charge < -0.3 is 10.1 Å². The molecule has 1 heterocycles. The van der Waals surface area contributed by atoms with Crippen LogP contribution in [0.1, 0.15) is 12.0 Å². The van der Waals surface area contributed by atoms with E-state index >= 15 is 0 Å². The van der Waals surface area contributed by atoms with Crippen LogP contribution < -0.4 is 10.1 Å². The van der Waals surface area contributed by atoms with Crippen molar-refractivity contribution in [3.05, 3.63) is 23.8 Å². The summed E-state index contributed by atoms with van der Waals surface area (Å²) in [6.07, 6.45) is 0.271. The molecule has 0 atom stereocenters. The predicted molar refractivity (Wildman–Crippen MR) is 54.8 cm³/mol. The van der Waals surface area contributed by atoms with Crippen LogP contribution in [0, 0.1) is 0 Å². The maximum atomic E-state index is 13.2. The zero-order valence-electron chi connectivity index (χ0n) is 8.52. The van der Waals surface area contributed by atoms with Gasteiger partial charge in [0.1, 0.15) is 5.75 Å². The van der Waals surface area contributed by atoms with Gasteiger partial charge in [0, 0.05) is 6.42 Å². The van der Waals surface area contributed by atoms with Crippen LogP contribution >= 0.6 is 0 Å². The third kappa shape index (κ3) is 2.03. The summed E-state index contributed by atoms with van der Waals surface area (Å²) < 4.78 is 31.5. The van der Waals surface area contributed by atoms with Gasteiger partial charge in [0.2, 0.25) is 0 Å². The van der Waals surface area contributed by atoms with Crippen LogP contribution in [0.5, 0.6) is 5.75 Å². The predicted octanol–water partition coefficient (Wildman–Crippen LogP) is 2.69. The molecule has 2 nitrogen and oxygen atoms in total. The summed E-state index contributed by atoms with van der Waals surface area (Å²) in [4.78, 5) is 0. The quantitative estimate of drug-likeness (QED) is 0.774. The van der Waals surface area contributed by atoms with Crippen molar-refractivity contribution >= 4 is 5.69 Å². The molecule has 15 heavy (non-hydrogen) atoms. The molecule has 1 aliphatic heterocycles. The summed E-state index contributed by atoms with van der Waals surface area (Å²) in [6, 6.07) is 5.45. The van der Waals surface area contributed by atoms with Crippen LogP contribution in [0.25, 0.3) is 0 Å². The molecule has 1 aromatic carbocycles. The summed E-state index contributed by atoms with van der Waals surface area (Å²) in [5.41, 5.74) is 1.60. The largest absolute Gasteiger partial charge is 0.495 e. The number of hydrogen-bond acceptors (Lipinski definition) is 2. The number of alkyl halides is 2. The van der Waals surface area contributed by atoms with E-state index in [1.807, 2.05) is 12.1 Å². The molecule has 0 aromatic heterocycles. The summed E-state index contributed by atoms with van der Waals surface area (Å²) >= 11 is 0. The van der Waals surface area contributed by atoms with Crippen molar-refractivity contribution in [1.29, 1.82) is 0 Å². The molecule has 1 aromatic rings. The zero-order chi connectivity index (χ0) is 10.9. The van der Waals surface area contributed by atoms with Gasteiger partial charge in [0.05, 0.1) is 19.3 Å². The minimum atomic E-state index is -2.63. The molecule has 4 heteroatoms. The van der Waals surface area contributed by atoms with E-state index < -0.39 is 5.92 Å². The Bertz CT molecular complexity index is 366. The van der Waals surface area contributed by atoms with E-state index in [1.165, 1.54) is 0 Å². The van der Waals surface area contributed by atoms with Crippen LogP contribution in [-0.2, 0) is 6.42 Å². The van der Waals surface area contributed by atoms with Crippen molar-refractivity contribution < 1.29 is 13.5 Å². The lowest BCUT2D eigenvalue weighted by atomic mass is 10.1. The van der Waals surface area contributed by atoms with E-state index in [9.17, 15) is 8.78 Å². The smallest absolute Gasteiger partial charge is 0.265 e. The average molecular weight is 213 g/mol. The van der Waals surface area contributed by atoms with Crippen molar-refractivity contribution in [3.63, 3.8) is 0 Å². The summed E-state index contributed by atoms with van der Waals surface area (Å²) in [5.74, 6) is -2.01. The molecule has 82 valence electrons. The first-order chi connectivity index (χ1) is 7.12. The van der Waals surface area contributed by atoms with Crippen molar-refractivity contribution in [1.82, 2.24) is 0 Å². The van der Waals surface area contributed by atoms with Gasteiger partial charge >= 0.3 is 0 Å². The molecule has 0 spiro atoms. The Morgan fingerprint density at radius 3 is 2.93 bits per heavy atom. The third-order valence-electron chi connectivity index (χ3n) is 2.62. The van der Waals surface area contributed by atoms with E-state index in [1.54, 1.807) is 13.2 Å². The maximum absolute atomic E-state index is 13.2. The summed E-state index contributed by atoms with van der Waals surface area (Å²) in [5, 5.41) is 2.76. The molecule has 1 N–H and O–H groups in total. The second kappa shape index (κ2) is 3.68. The van der Waals surface area contributed by atoms with E-state index in [-0.39, 0.29) is 13.0 Å². The fourth-order valence-electron chi connectivity index (χ4n) is 1.78. The highest BCUT2D eigenvalue weighted by Gasteiger charge is 2.31. The number of benzene rings is 1. The zero-order valence-corrected chi connectivity index (χ0v) is 8.52. The van der Waals surface area contributed by atoms with Crippen LogP contribution in [0.15, 0.2) is 18.2 Å². The number of rotatable bonds is 1. The Labute approximate surface area is 87.2 Å². The topological polar surface area (TPSA) is 21.3 Å². The molecule has 1 aliphatic rings. The summed E-state index contributed by atoms with van der Waals surface area (Å²) in [7, 11) is 1.54. The average Bonchev–Trinajstić information content (AvgIpc) is 2.38. The summed E-state index contributed by atoms with van der Waals surface area (Å²) in [6.45, 7) is -0.319. The first kappa shape index (κ1) is 10.2. The lowest BCUT2D eigenvalue weighted by Gasteiger charge is -2.14. The number of ether oxygens (including phenoxy) is 1. The number of para-hydroxylation sites is 1. The van der Waals surface area contributed by atoms with E-state index in [0.717, 1.165) is 5.56 Å². The van der Waals surface area contributed by atoms with Gasteiger partial charge in [0.25, 0.3) is 5.92 Å². The van der Waals surface area contributed by atoms with Crippen LogP contribution in [0.3, 0.4) is 0 Å². The van der Waals surface area contributed by atoms with Crippen LogP contribution in [0.2, 0.25) is 0 Å². The van der Waals surface area contributed by atoms with E-state index in [4.69, 9.17) is 4.74 Å². The number of halogens is 2. The Balaban J connectivity index is 2.35. The number of hydrogen-bond donors (Lipinski definition) is 1. The number of aryl methyl sites for hydroxylation is 1. The molecular formula is C11H13F2NO. The highest BCUT2D eigenvalue weighted by Crippen LogP contribution is 2.34. The van der Waals surface area contributed by atoms with Gasteiger partial charge in [-0.15, -0.1) is 0 Å². The standard InChI is InChI=1S/C11H13F2NO/c1-15-9-4-2-3-8-5-6-11(12,13)7-14-10(8)9/h2-4,14H,5-7H2,1H3. The maximum Gasteiger partial charge on any atom is 0.265 e. The lowest BCUT2D eigenvalue weighted by molar-refractivity contribution is 0.00841. The molecule has 0 aliphatic carbocycles. The third-order valence-corrected chi connectivity index (χ3v) is 2.62. The van der Waals surface area contributed by atoms with Crippen molar-refractivity contribution in [2.45, 2.75) is 18.8 Å². The Kier molecular flexibility index (Phi) is 2.50. The highest BCUT2D eigenvalue weighted by molar-refractivity contribution is 5.62. The molecule has 0 saturated carbocycles. The van der Waals surface area contributed by atoms with Gasteiger partial charge in [-0.3, -0.25) is 0 Å². The Hall–Kier alpha value is -1.32. The first-order valence-electron chi connectivity index (χ1n) is 4.90. The van der Waals surface area contributed by atoms with Gasteiger partial charge in [-0.25, -0.2) is 8.78 Å². The lowest BCUT2D eigenvalue weighted by Crippen LogP contribution is -2.25. The molecule has 0 bridgehead atoms. The number of nitrogens with one attached hydrogen (secondary N) is 1. The minimum absolute atomic E-state index is 0.111. The van der Waals surface area contributed by atoms with Crippen molar-refractivity contribution in [2.24, 2.45) is 0 Å². The van der Waals surface area contributed by atoms with E-state index in [0.29, 0.717) is 17.9 Å². The van der Waals surface area contributed by atoms with Gasteiger partial charge in [-0.1, -0.05) is 12.1 Å². The monoisotopic (exact) mass is 213 g/mol. The van der Waals surface area contributed by atoms with Crippen LogP contribution in [-0.4, -0.2) is 19.6 Å². The highest BCUT2D eigenvalue weighted by atomic mass is 19.3. The van der Waals surface area contributed by atoms with Gasteiger partial charge in [-0.2, -0.15) is 0 Å². The van der Waals surface area contributed by atoms with E-state index in [2.05, 4.69) is 5.32 Å². The Morgan fingerprint density at radius 1 is 1.40 bits per heavy atom.